The molecule has 1 amide bonds. The van der Waals surface area contributed by atoms with Gasteiger partial charge in [0.1, 0.15) is 5.75 Å². The Hall–Kier alpha value is -1.94. The van der Waals surface area contributed by atoms with Gasteiger partial charge >= 0.3 is 6.09 Å². The molecule has 2 rings (SSSR count). The molecule has 0 aliphatic carbocycles. The van der Waals surface area contributed by atoms with Crippen LogP contribution in [0.4, 0.5) is 4.79 Å². The minimum absolute atomic E-state index is 0.379. The zero-order chi connectivity index (χ0) is 15.9. The van der Waals surface area contributed by atoms with Crippen LogP contribution in [-0.2, 0) is 0 Å². The molecule has 2 aromatic rings. The molecule has 3 nitrogen and oxygen atoms in total. The average Bonchev–Trinajstić information content (AvgIpc) is 2.55. The highest BCUT2D eigenvalue weighted by Crippen LogP contribution is 2.25. The van der Waals surface area contributed by atoms with Crippen LogP contribution >= 0.6 is 11.9 Å². The van der Waals surface area contributed by atoms with E-state index in [-0.39, 0.29) is 6.09 Å². The molecule has 2 aromatic carbocycles. The minimum Gasteiger partial charge on any atom is -0.410 e. The lowest BCUT2D eigenvalue weighted by atomic mass is 9.99. The van der Waals surface area contributed by atoms with Crippen LogP contribution in [0.25, 0.3) is 0 Å². The lowest BCUT2D eigenvalue weighted by Gasteiger charge is -2.16. The quantitative estimate of drug-likeness (QED) is 0.698. The number of nitrogens with zero attached hydrogens (tertiary/aromatic N) is 1. The second-order valence-electron chi connectivity index (χ2n) is 5.15. The number of rotatable bonds is 5. The number of hydrogen-bond acceptors (Lipinski definition) is 3. The standard InChI is InChI=1S/C18H21NO2S/c1-4-14(2)15-9-8-10-16(13-15)21-18(20)19(3)22-17-11-6-5-7-12-17/h5-14H,4H2,1-3H3. The first-order valence-corrected chi connectivity index (χ1v) is 8.16. The van der Waals surface area contributed by atoms with E-state index in [1.54, 1.807) is 7.05 Å². The molecule has 0 spiro atoms. The Kier molecular flexibility index (Phi) is 5.90. The SMILES string of the molecule is CCC(C)c1cccc(OC(=O)N(C)Sc2ccccc2)c1. The number of amides is 1. The topological polar surface area (TPSA) is 29.5 Å². The van der Waals surface area contributed by atoms with Crippen molar-refractivity contribution in [2.75, 3.05) is 7.05 Å². The normalized spacial score (nSPS) is 11.8. The third-order valence-corrected chi connectivity index (χ3v) is 4.39. The van der Waals surface area contributed by atoms with Crippen molar-refractivity contribution in [3.8, 4) is 5.75 Å². The van der Waals surface area contributed by atoms with Gasteiger partial charge in [0, 0.05) is 11.9 Å². The fourth-order valence-corrected chi connectivity index (χ4v) is 2.67. The first-order valence-electron chi connectivity index (χ1n) is 7.38. The van der Waals surface area contributed by atoms with Gasteiger partial charge in [-0.05, 0) is 54.1 Å². The van der Waals surface area contributed by atoms with Crippen molar-refractivity contribution >= 4 is 18.0 Å². The monoisotopic (exact) mass is 315 g/mol. The van der Waals surface area contributed by atoms with E-state index in [2.05, 4.69) is 19.9 Å². The first-order chi connectivity index (χ1) is 10.6. The van der Waals surface area contributed by atoms with Crippen LogP contribution < -0.4 is 4.74 Å². The maximum Gasteiger partial charge on any atom is 0.425 e. The van der Waals surface area contributed by atoms with Gasteiger partial charge in [0.05, 0.1) is 0 Å². The van der Waals surface area contributed by atoms with Gasteiger partial charge in [-0.2, -0.15) is 0 Å². The Morgan fingerprint density at radius 2 is 1.91 bits per heavy atom. The van der Waals surface area contributed by atoms with Gasteiger partial charge < -0.3 is 4.74 Å². The molecular weight excluding hydrogens is 294 g/mol. The van der Waals surface area contributed by atoms with Crippen molar-refractivity contribution in [3.63, 3.8) is 0 Å². The summed E-state index contributed by atoms with van der Waals surface area (Å²) >= 11 is 1.34. The number of carbonyl (C=O) groups excluding carboxylic acids is 1. The lowest BCUT2D eigenvalue weighted by Crippen LogP contribution is -2.23. The molecule has 0 saturated carbocycles. The van der Waals surface area contributed by atoms with Gasteiger partial charge in [-0.25, -0.2) is 9.10 Å². The van der Waals surface area contributed by atoms with Crippen LogP contribution in [0.2, 0.25) is 0 Å². The summed E-state index contributed by atoms with van der Waals surface area (Å²) in [5.74, 6) is 1.04. The highest BCUT2D eigenvalue weighted by atomic mass is 32.2. The average molecular weight is 315 g/mol. The van der Waals surface area contributed by atoms with E-state index < -0.39 is 0 Å². The Balaban J connectivity index is 1.99. The molecule has 0 heterocycles. The van der Waals surface area contributed by atoms with Gasteiger partial charge in [-0.3, -0.25) is 0 Å². The van der Waals surface area contributed by atoms with Crippen LogP contribution in [0.15, 0.2) is 59.5 Å². The van der Waals surface area contributed by atoms with Crippen LogP contribution in [-0.4, -0.2) is 17.4 Å². The summed E-state index contributed by atoms with van der Waals surface area (Å²) in [6.07, 6.45) is 0.677. The van der Waals surface area contributed by atoms with E-state index in [0.717, 1.165) is 11.3 Å². The van der Waals surface area contributed by atoms with Crippen molar-refractivity contribution in [2.45, 2.75) is 31.1 Å². The largest absolute Gasteiger partial charge is 0.425 e. The fraction of sp³-hybridized carbons (Fsp3) is 0.278. The molecule has 0 radical (unpaired) electrons. The maximum atomic E-state index is 12.2. The van der Waals surface area contributed by atoms with Crippen molar-refractivity contribution in [2.24, 2.45) is 0 Å². The molecule has 0 aliphatic rings. The highest BCUT2D eigenvalue weighted by molar-refractivity contribution is 7.97. The first kappa shape index (κ1) is 16.4. The Labute approximate surface area is 136 Å². The van der Waals surface area contributed by atoms with Crippen molar-refractivity contribution in [1.29, 1.82) is 0 Å². The summed E-state index contributed by atoms with van der Waals surface area (Å²) in [4.78, 5) is 13.1. The van der Waals surface area contributed by atoms with E-state index in [4.69, 9.17) is 4.74 Å². The summed E-state index contributed by atoms with van der Waals surface area (Å²) in [5, 5.41) is 0. The van der Waals surface area contributed by atoms with Crippen LogP contribution in [0.5, 0.6) is 5.75 Å². The molecule has 0 N–H and O–H groups in total. The fourth-order valence-electron chi connectivity index (χ4n) is 1.96. The second-order valence-corrected chi connectivity index (χ2v) is 6.35. The summed E-state index contributed by atoms with van der Waals surface area (Å²) in [7, 11) is 1.71. The van der Waals surface area contributed by atoms with Crippen molar-refractivity contribution in [1.82, 2.24) is 4.31 Å². The van der Waals surface area contributed by atoms with Gasteiger partial charge in [0.25, 0.3) is 0 Å². The van der Waals surface area contributed by atoms with Crippen molar-refractivity contribution in [3.05, 3.63) is 60.2 Å². The van der Waals surface area contributed by atoms with Crippen LogP contribution in [0, 0.1) is 0 Å². The summed E-state index contributed by atoms with van der Waals surface area (Å²) in [5.41, 5.74) is 1.19. The summed E-state index contributed by atoms with van der Waals surface area (Å²) in [6.45, 7) is 4.31. The summed E-state index contributed by atoms with van der Waals surface area (Å²) in [6, 6.07) is 17.5. The molecule has 0 fully saturated rings. The summed E-state index contributed by atoms with van der Waals surface area (Å²) < 4.78 is 6.94. The van der Waals surface area contributed by atoms with Crippen LogP contribution in [0.1, 0.15) is 31.7 Å². The molecule has 0 aromatic heterocycles. The Morgan fingerprint density at radius 1 is 1.18 bits per heavy atom. The zero-order valence-electron chi connectivity index (χ0n) is 13.2. The van der Waals surface area contributed by atoms with E-state index in [1.165, 1.54) is 21.8 Å². The molecule has 4 heteroatoms. The molecule has 22 heavy (non-hydrogen) atoms. The smallest absolute Gasteiger partial charge is 0.410 e. The van der Waals surface area contributed by atoms with E-state index in [1.807, 2.05) is 48.5 Å². The zero-order valence-corrected chi connectivity index (χ0v) is 14.0. The van der Waals surface area contributed by atoms with Crippen LogP contribution in [0.3, 0.4) is 0 Å². The molecule has 0 bridgehead atoms. The van der Waals surface area contributed by atoms with E-state index in [9.17, 15) is 4.79 Å². The molecule has 0 saturated heterocycles. The Morgan fingerprint density at radius 3 is 2.59 bits per heavy atom. The van der Waals surface area contributed by atoms with Gasteiger partial charge in [-0.15, -0.1) is 0 Å². The number of hydrogen-bond donors (Lipinski definition) is 0. The maximum absolute atomic E-state index is 12.2. The van der Waals surface area contributed by atoms with Gasteiger partial charge in [0.15, 0.2) is 0 Å². The molecule has 1 unspecified atom stereocenters. The molecular formula is C18H21NO2S. The van der Waals surface area contributed by atoms with Gasteiger partial charge in [-0.1, -0.05) is 44.2 Å². The van der Waals surface area contributed by atoms with E-state index >= 15 is 0 Å². The lowest BCUT2D eigenvalue weighted by molar-refractivity contribution is 0.187. The number of ether oxygens (including phenoxy) is 1. The number of benzene rings is 2. The Bertz CT molecular complexity index is 615. The predicted octanol–water partition coefficient (Wildman–Crippen LogP) is 5.34. The third kappa shape index (κ3) is 4.53. The van der Waals surface area contributed by atoms with Gasteiger partial charge in [0.2, 0.25) is 0 Å². The molecule has 116 valence electrons. The predicted molar refractivity (Wildman–Crippen MR) is 91.2 cm³/mol. The van der Waals surface area contributed by atoms with E-state index in [0.29, 0.717) is 11.7 Å². The number of carbonyl (C=O) groups is 1. The highest BCUT2D eigenvalue weighted by Gasteiger charge is 2.13. The third-order valence-electron chi connectivity index (χ3n) is 3.49. The van der Waals surface area contributed by atoms with Crippen molar-refractivity contribution < 1.29 is 9.53 Å². The second kappa shape index (κ2) is 7.90. The molecule has 1 atom stereocenters. The minimum atomic E-state index is -0.379. The molecule has 0 aliphatic heterocycles.